The average Bonchev–Trinajstić information content (AvgIpc) is 2.18. The van der Waals surface area contributed by atoms with Gasteiger partial charge in [-0.3, -0.25) is 0 Å². The lowest BCUT2D eigenvalue weighted by Gasteiger charge is -2.11. The Hall–Kier alpha value is -1.77. The summed E-state index contributed by atoms with van der Waals surface area (Å²) in [6.07, 6.45) is 1.65. The van der Waals surface area contributed by atoms with E-state index in [2.05, 4.69) is 0 Å². The van der Waals surface area contributed by atoms with E-state index in [1.54, 1.807) is 13.0 Å². The second-order valence-corrected chi connectivity index (χ2v) is 3.62. The Kier molecular flexibility index (Phi) is 3.50. The summed E-state index contributed by atoms with van der Waals surface area (Å²) in [4.78, 5) is 12.6. The lowest BCUT2D eigenvalue weighted by Crippen LogP contribution is -2.07. The fourth-order valence-corrected chi connectivity index (χ4v) is 1.18. The van der Waals surface area contributed by atoms with Crippen LogP contribution in [0.4, 0.5) is 5.69 Å². The van der Waals surface area contributed by atoms with Crippen molar-refractivity contribution in [3.63, 3.8) is 0 Å². The molecule has 1 N–H and O–H groups in total. The van der Waals surface area contributed by atoms with E-state index in [9.17, 15) is 4.79 Å². The second kappa shape index (κ2) is 4.64. The third-order valence-corrected chi connectivity index (χ3v) is 2.13. The minimum absolute atomic E-state index is 0.340. The number of benzene rings is 1. The van der Waals surface area contributed by atoms with E-state index in [0.717, 1.165) is 11.3 Å². The van der Waals surface area contributed by atoms with Crippen molar-refractivity contribution in [1.29, 1.82) is 0 Å². The summed E-state index contributed by atoms with van der Waals surface area (Å²) >= 11 is 0. The van der Waals surface area contributed by atoms with Crippen molar-refractivity contribution in [2.75, 3.05) is 19.0 Å². The van der Waals surface area contributed by atoms with Gasteiger partial charge in [0.2, 0.25) is 0 Å². The van der Waals surface area contributed by atoms with Crippen LogP contribution in [0.15, 0.2) is 29.8 Å². The van der Waals surface area contributed by atoms with Crippen LogP contribution in [0.25, 0.3) is 6.08 Å². The fraction of sp³-hybridized carbons (Fsp3) is 0.250. The van der Waals surface area contributed by atoms with Crippen LogP contribution in [0, 0.1) is 0 Å². The number of carboxylic acid groups (broad SMARTS) is 1. The maximum Gasteiger partial charge on any atom is 0.331 e. The predicted molar refractivity (Wildman–Crippen MR) is 62.1 cm³/mol. The van der Waals surface area contributed by atoms with Gasteiger partial charge in [0, 0.05) is 25.4 Å². The molecule has 3 nitrogen and oxygen atoms in total. The topological polar surface area (TPSA) is 40.5 Å². The van der Waals surface area contributed by atoms with Crippen LogP contribution in [0.3, 0.4) is 0 Å². The van der Waals surface area contributed by atoms with Gasteiger partial charge in [-0.15, -0.1) is 0 Å². The smallest absolute Gasteiger partial charge is 0.331 e. The molecule has 1 rings (SSSR count). The molecule has 15 heavy (non-hydrogen) atoms. The van der Waals surface area contributed by atoms with Gasteiger partial charge in [0.25, 0.3) is 0 Å². The maximum atomic E-state index is 10.6. The van der Waals surface area contributed by atoms with Gasteiger partial charge in [0.15, 0.2) is 0 Å². The van der Waals surface area contributed by atoms with Crippen molar-refractivity contribution in [2.45, 2.75) is 6.92 Å². The zero-order valence-electron chi connectivity index (χ0n) is 9.19. The first-order valence-corrected chi connectivity index (χ1v) is 4.69. The lowest BCUT2D eigenvalue weighted by atomic mass is 10.1. The van der Waals surface area contributed by atoms with Gasteiger partial charge in [0.05, 0.1) is 0 Å². The van der Waals surface area contributed by atoms with Gasteiger partial charge >= 0.3 is 5.97 Å². The summed E-state index contributed by atoms with van der Waals surface area (Å²) in [6.45, 7) is 1.59. The van der Waals surface area contributed by atoms with Gasteiger partial charge < -0.3 is 10.0 Å². The Balaban J connectivity index is 2.90. The molecule has 0 aliphatic rings. The molecule has 0 bridgehead atoms. The minimum Gasteiger partial charge on any atom is -0.478 e. The van der Waals surface area contributed by atoms with Gasteiger partial charge in [-0.25, -0.2) is 4.79 Å². The first kappa shape index (κ1) is 11.3. The molecule has 0 aromatic heterocycles. The van der Waals surface area contributed by atoms with Gasteiger partial charge in [-0.2, -0.15) is 0 Å². The number of carbonyl (C=O) groups is 1. The molecular formula is C12H15NO2. The number of aliphatic carboxylic acids is 1. The van der Waals surface area contributed by atoms with Crippen molar-refractivity contribution in [1.82, 2.24) is 0 Å². The van der Waals surface area contributed by atoms with Crippen LogP contribution in [0.2, 0.25) is 0 Å². The number of hydrogen-bond acceptors (Lipinski definition) is 2. The molecule has 0 saturated carbocycles. The maximum absolute atomic E-state index is 10.6. The fourth-order valence-electron chi connectivity index (χ4n) is 1.18. The number of anilines is 1. The molecule has 0 spiro atoms. The van der Waals surface area contributed by atoms with Crippen LogP contribution in [0.1, 0.15) is 12.5 Å². The summed E-state index contributed by atoms with van der Waals surface area (Å²) in [5, 5.41) is 8.71. The van der Waals surface area contributed by atoms with Crippen molar-refractivity contribution >= 4 is 17.7 Å². The molecule has 80 valence electrons. The van der Waals surface area contributed by atoms with E-state index in [1.165, 1.54) is 0 Å². The Bertz CT molecular complexity index is 377. The highest BCUT2D eigenvalue weighted by Gasteiger charge is 2.00. The lowest BCUT2D eigenvalue weighted by molar-refractivity contribution is -0.132. The van der Waals surface area contributed by atoms with Crippen molar-refractivity contribution in [3.05, 3.63) is 35.4 Å². The largest absolute Gasteiger partial charge is 0.478 e. The Morgan fingerprint density at radius 2 is 1.80 bits per heavy atom. The summed E-state index contributed by atoms with van der Waals surface area (Å²) in [6, 6.07) is 7.73. The molecule has 0 fully saturated rings. The molecule has 0 saturated heterocycles. The van der Waals surface area contributed by atoms with E-state index in [4.69, 9.17) is 5.11 Å². The summed E-state index contributed by atoms with van der Waals surface area (Å²) in [5.41, 5.74) is 2.34. The first-order valence-electron chi connectivity index (χ1n) is 4.69. The molecule has 3 heteroatoms. The molecular weight excluding hydrogens is 190 g/mol. The average molecular weight is 205 g/mol. The van der Waals surface area contributed by atoms with Gasteiger partial charge in [0.1, 0.15) is 0 Å². The van der Waals surface area contributed by atoms with Crippen LogP contribution in [-0.4, -0.2) is 25.2 Å². The molecule has 1 aromatic rings. The Labute approximate surface area is 89.6 Å². The molecule has 0 aliphatic heterocycles. The predicted octanol–water partition coefficient (Wildman–Crippen LogP) is 2.24. The van der Waals surface area contributed by atoms with Crippen molar-refractivity contribution < 1.29 is 9.90 Å². The van der Waals surface area contributed by atoms with Crippen LogP contribution < -0.4 is 4.90 Å². The van der Waals surface area contributed by atoms with E-state index in [-0.39, 0.29) is 0 Å². The molecule has 0 amide bonds. The van der Waals surface area contributed by atoms with E-state index < -0.39 is 5.97 Å². The van der Waals surface area contributed by atoms with Gasteiger partial charge in [-0.1, -0.05) is 12.1 Å². The minimum atomic E-state index is -0.883. The highest BCUT2D eigenvalue weighted by atomic mass is 16.4. The Morgan fingerprint density at radius 1 is 1.27 bits per heavy atom. The van der Waals surface area contributed by atoms with Crippen LogP contribution >= 0.6 is 0 Å². The highest BCUT2D eigenvalue weighted by Crippen LogP contribution is 2.14. The van der Waals surface area contributed by atoms with Crippen LogP contribution in [0.5, 0.6) is 0 Å². The van der Waals surface area contributed by atoms with E-state index >= 15 is 0 Å². The third kappa shape index (κ3) is 3.13. The van der Waals surface area contributed by atoms with Crippen LogP contribution in [-0.2, 0) is 4.79 Å². The number of hydrogen-bond donors (Lipinski definition) is 1. The standard InChI is InChI=1S/C12H15NO2/c1-9(12(14)15)8-10-4-6-11(7-5-10)13(2)3/h4-8H,1-3H3,(H,14,15)/b9-8-. The molecule has 1 aromatic carbocycles. The molecule has 0 aliphatic carbocycles. The van der Waals surface area contributed by atoms with Crippen molar-refractivity contribution in [3.8, 4) is 0 Å². The monoisotopic (exact) mass is 205 g/mol. The number of rotatable bonds is 3. The third-order valence-electron chi connectivity index (χ3n) is 2.13. The molecule has 0 atom stereocenters. The summed E-state index contributed by atoms with van der Waals surface area (Å²) in [5.74, 6) is -0.883. The zero-order valence-corrected chi connectivity index (χ0v) is 9.19. The Morgan fingerprint density at radius 3 is 2.20 bits per heavy atom. The highest BCUT2D eigenvalue weighted by molar-refractivity contribution is 5.91. The molecule has 0 radical (unpaired) electrons. The van der Waals surface area contributed by atoms with E-state index in [1.807, 2.05) is 43.3 Å². The van der Waals surface area contributed by atoms with Crippen molar-refractivity contribution in [2.24, 2.45) is 0 Å². The van der Waals surface area contributed by atoms with Gasteiger partial charge in [-0.05, 0) is 30.7 Å². The first-order chi connectivity index (χ1) is 7.00. The van der Waals surface area contributed by atoms with E-state index in [0.29, 0.717) is 5.57 Å². The zero-order chi connectivity index (χ0) is 11.4. The molecule has 0 heterocycles. The summed E-state index contributed by atoms with van der Waals surface area (Å²) in [7, 11) is 3.93. The molecule has 0 unspecified atom stereocenters. The summed E-state index contributed by atoms with van der Waals surface area (Å²) < 4.78 is 0. The normalized spacial score (nSPS) is 11.3. The number of carboxylic acids is 1. The SMILES string of the molecule is C/C(=C/c1ccc(N(C)C)cc1)C(=O)O. The quantitative estimate of drug-likeness (QED) is 0.769. The second-order valence-electron chi connectivity index (χ2n) is 3.62. The number of nitrogens with zero attached hydrogens (tertiary/aromatic N) is 1.